The number of nitrogens with zero attached hydrogens (tertiary/aromatic N) is 4. The van der Waals surface area contributed by atoms with Gasteiger partial charge in [0, 0.05) is 31.6 Å². The summed E-state index contributed by atoms with van der Waals surface area (Å²) in [6.45, 7) is 11.9. The Morgan fingerprint density at radius 2 is 1.79 bits per heavy atom. The number of phenols is 1. The third-order valence-electron chi connectivity index (χ3n) is 8.30. The summed E-state index contributed by atoms with van der Waals surface area (Å²) in [7, 11) is -4.17. The number of aryl methyl sites for hydroxylation is 2. The number of aromatic hydroxyl groups is 1. The molecule has 2 aromatic carbocycles. The van der Waals surface area contributed by atoms with Crippen molar-refractivity contribution < 1.29 is 28.2 Å². The highest BCUT2D eigenvalue weighted by Crippen LogP contribution is 2.32. The summed E-state index contributed by atoms with van der Waals surface area (Å²) in [5.74, 6) is -0.964. The summed E-state index contributed by atoms with van der Waals surface area (Å²) in [6.07, 6.45) is -1.09. The Morgan fingerprint density at radius 3 is 2.38 bits per heavy atom. The number of halogens is 1. The van der Waals surface area contributed by atoms with Gasteiger partial charge in [0.1, 0.15) is 11.8 Å². The number of urea groups is 1. The van der Waals surface area contributed by atoms with Crippen molar-refractivity contribution in [2.75, 3.05) is 26.2 Å². The Kier molecular flexibility index (Phi) is 12.5. The van der Waals surface area contributed by atoms with Crippen molar-refractivity contribution in [3.05, 3.63) is 74.7 Å². The molecule has 0 aliphatic carbocycles. The quantitative estimate of drug-likeness (QED) is 0.205. The number of carbonyl (C=O) groups excluding carboxylic acids is 2. The van der Waals surface area contributed by atoms with Crippen LogP contribution in [0.25, 0.3) is 0 Å². The molecule has 3 aromatic rings. The van der Waals surface area contributed by atoms with E-state index in [0.717, 1.165) is 16.3 Å². The van der Waals surface area contributed by atoms with Crippen LogP contribution in [0.15, 0.2) is 52.7 Å². The predicted molar refractivity (Wildman–Crippen MR) is 188 cm³/mol. The van der Waals surface area contributed by atoms with Gasteiger partial charge in [-0.25, -0.2) is 18.2 Å². The minimum Gasteiger partial charge on any atom is -0.506 e. The first kappa shape index (κ1) is 37.6. The summed E-state index contributed by atoms with van der Waals surface area (Å²) >= 11 is 7.66. The second-order valence-corrected chi connectivity index (χ2v) is 16.5. The van der Waals surface area contributed by atoms with E-state index >= 15 is 0 Å². The second-order valence-electron chi connectivity index (χ2n) is 13.1. The second kappa shape index (κ2) is 16.0. The number of carbonyl (C=O) groups is 2. The van der Waals surface area contributed by atoms with Gasteiger partial charge in [0.05, 0.1) is 39.3 Å². The van der Waals surface area contributed by atoms with Crippen LogP contribution >= 0.6 is 22.9 Å². The fraction of sp³-hybridized carbons (Fsp3) is 0.500. The lowest BCUT2D eigenvalue weighted by Gasteiger charge is -2.34. The van der Waals surface area contributed by atoms with Crippen LogP contribution in [0, 0.1) is 25.7 Å². The Hall–Kier alpha value is -3.23. The van der Waals surface area contributed by atoms with Crippen molar-refractivity contribution in [2.45, 2.75) is 77.6 Å². The molecule has 0 bridgehead atoms. The van der Waals surface area contributed by atoms with Crippen LogP contribution in [0.3, 0.4) is 0 Å². The van der Waals surface area contributed by atoms with E-state index in [1.54, 1.807) is 16.7 Å². The number of aromatic nitrogens is 1. The average Bonchev–Trinajstić information content (AvgIpc) is 3.59. The molecule has 11 nitrogen and oxygen atoms in total. The monoisotopic (exact) mass is 719 g/mol. The maximum absolute atomic E-state index is 14.1. The molecule has 3 amide bonds. The molecule has 0 unspecified atom stereocenters. The maximum Gasteiger partial charge on any atom is 0.321 e. The van der Waals surface area contributed by atoms with Gasteiger partial charge in [0.2, 0.25) is 15.9 Å². The van der Waals surface area contributed by atoms with Crippen LogP contribution in [0.1, 0.15) is 49.5 Å². The van der Waals surface area contributed by atoms with Gasteiger partial charge in [-0.05, 0) is 55.4 Å². The fourth-order valence-electron chi connectivity index (χ4n) is 5.92. The molecule has 1 saturated heterocycles. The van der Waals surface area contributed by atoms with Crippen LogP contribution in [-0.2, 0) is 27.8 Å². The minimum atomic E-state index is -4.17. The Labute approximate surface area is 292 Å². The topological polar surface area (TPSA) is 143 Å². The first-order chi connectivity index (χ1) is 22.6. The first-order valence-corrected chi connectivity index (χ1v) is 18.8. The lowest BCUT2D eigenvalue weighted by atomic mass is 9.97. The molecule has 0 spiro atoms. The highest BCUT2D eigenvalue weighted by atomic mass is 35.5. The van der Waals surface area contributed by atoms with Gasteiger partial charge < -0.3 is 25.3 Å². The number of benzene rings is 2. The van der Waals surface area contributed by atoms with Crippen molar-refractivity contribution in [3.63, 3.8) is 0 Å². The number of hydrogen-bond acceptors (Lipinski definition) is 8. The third-order valence-corrected chi connectivity index (χ3v) is 11.2. The van der Waals surface area contributed by atoms with Gasteiger partial charge in [-0.3, -0.25) is 4.79 Å². The fourth-order valence-corrected chi connectivity index (χ4v) is 8.59. The zero-order valence-electron chi connectivity index (χ0n) is 28.3. The van der Waals surface area contributed by atoms with Crippen LogP contribution in [0.5, 0.6) is 5.75 Å². The van der Waals surface area contributed by atoms with Crippen molar-refractivity contribution in [1.29, 1.82) is 0 Å². The largest absolute Gasteiger partial charge is 0.506 e. The van der Waals surface area contributed by atoms with Gasteiger partial charge in [0.25, 0.3) is 0 Å². The number of nitrogens with one attached hydrogen (secondary N) is 1. The van der Waals surface area contributed by atoms with Crippen LogP contribution < -0.4 is 5.32 Å². The van der Waals surface area contributed by atoms with E-state index in [1.165, 1.54) is 27.8 Å². The molecule has 0 saturated carbocycles. The molecule has 3 N–H and O–H groups in total. The predicted octanol–water partition coefficient (Wildman–Crippen LogP) is 4.82. The third kappa shape index (κ3) is 9.06. The zero-order valence-corrected chi connectivity index (χ0v) is 30.6. The van der Waals surface area contributed by atoms with E-state index in [1.807, 2.05) is 70.3 Å². The molecular weight excluding hydrogens is 674 g/mol. The van der Waals surface area contributed by atoms with Gasteiger partial charge in [-0.1, -0.05) is 69.6 Å². The maximum atomic E-state index is 14.1. The van der Waals surface area contributed by atoms with Crippen molar-refractivity contribution >= 4 is 44.9 Å². The number of aliphatic hydroxyl groups is 1. The minimum absolute atomic E-state index is 0.0915. The van der Waals surface area contributed by atoms with E-state index in [2.05, 4.69) is 10.3 Å². The van der Waals surface area contributed by atoms with Gasteiger partial charge in [-0.2, -0.15) is 4.31 Å². The van der Waals surface area contributed by atoms with Crippen LogP contribution in [0.4, 0.5) is 4.79 Å². The number of aliphatic hydroxyl groups excluding tert-OH is 1. The molecule has 3 atom stereocenters. The molecular formula is C34H46ClN5O6S2. The zero-order chi connectivity index (χ0) is 35.3. The average molecular weight is 720 g/mol. The molecule has 1 aliphatic rings. The van der Waals surface area contributed by atoms with E-state index in [4.69, 9.17) is 11.6 Å². The smallest absolute Gasteiger partial charge is 0.321 e. The van der Waals surface area contributed by atoms with Gasteiger partial charge in [-0.15, -0.1) is 11.3 Å². The highest BCUT2D eigenvalue weighted by molar-refractivity contribution is 7.89. The number of phenolic OH excluding ortho intramolecular Hbond substituents is 1. The summed E-state index contributed by atoms with van der Waals surface area (Å²) in [5, 5.41) is 27.6. The lowest BCUT2D eigenvalue weighted by molar-refractivity contribution is -0.128. The first-order valence-electron chi connectivity index (χ1n) is 16.1. The highest BCUT2D eigenvalue weighted by Gasteiger charge is 2.40. The molecule has 262 valence electrons. The lowest BCUT2D eigenvalue weighted by Crippen LogP contribution is -2.57. The number of rotatable bonds is 15. The molecule has 48 heavy (non-hydrogen) atoms. The Bertz CT molecular complexity index is 1660. The van der Waals surface area contributed by atoms with Crippen LogP contribution in [-0.4, -0.2) is 94.0 Å². The number of sulfonamides is 1. The Balaban J connectivity index is 1.59. The van der Waals surface area contributed by atoms with Gasteiger partial charge in [0.15, 0.2) is 0 Å². The van der Waals surface area contributed by atoms with Crippen molar-refractivity contribution in [1.82, 2.24) is 24.4 Å². The summed E-state index contributed by atoms with van der Waals surface area (Å²) in [6, 6.07) is 9.89. The Morgan fingerprint density at radius 1 is 1.10 bits per heavy atom. The number of thiazole rings is 1. The van der Waals surface area contributed by atoms with Crippen molar-refractivity contribution in [3.8, 4) is 5.75 Å². The van der Waals surface area contributed by atoms with E-state index in [-0.39, 0.29) is 53.0 Å². The number of hydrogen-bond donors (Lipinski definition) is 3. The SMILES string of the molecule is Cc1nc(CN2CCN([C@H](C(=O)N[C@@H](Cc3ccccc3)[C@H](O)CN(CC(C)C)S(=O)(=O)c3cc(C)c(O)c(Cl)c3)C(C)C)C2=O)cs1. The summed E-state index contributed by atoms with van der Waals surface area (Å²) < 4.78 is 29.0. The molecule has 14 heteroatoms. The summed E-state index contributed by atoms with van der Waals surface area (Å²) in [5.41, 5.74) is 1.94. The van der Waals surface area contributed by atoms with Crippen LogP contribution in [0.2, 0.25) is 5.02 Å². The van der Waals surface area contributed by atoms with E-state index in [9.17, 15) is 28.2 Å². The standard InChI is InChI=1S/C34H46ClN5O6S2/c1-21(2)17-39(48(45,46)27-14-23(5)32(42)28(35)16-27)19-30(41)29(15-25-10-8-7-9-11-25)37-33(43)31(22(3)4)40-13-12-38(34(40)44)18-26-20-47-24(6)36-26/h7-11,14,16,20-22,29-31,41-42H,12-13,15,17-19H2,1-6H3,(H,37,43)/t29-,30+,31-/m0/s1. The van der Waals surface area contributed by atoms with Crippen molar-refractivity contribution in [2.24, 2.45) is 11.8 Å². The molecule has 1 aromatic heterocycles. The summed E-state index contributed by atoms with van der Waals surface area (Å²) in [4.78, 5) is 35.2. The van der Waals surface area contributed by atoms with E-state index in [0.29, 0.717) is 25.2 Å². The van der Waals surface area contributed by atoms with E-state index < -0.39 is 34.1 Å². The number of amides is 3. The molecule has 2 heterocycles. The normalized spacial score (nSPS) is 15.9. The molecule has 1 fully saturated rings. The van der Waals surface area contributed by atoms with Gasteiger partial charge >= 0.3 is 6.03 Å². The molecule has 0 radical (unpaired) electrons. The molecule has 1 aliphatic heterocycles. The molecule has 4 rings (SSSR count).